The highest BCUT2D eigenvalue weighted by molar-refractivity contribution is 5.96. The van der Waals surface area contributed by atoms with Crippen LogP contribution in [0.4, 0.5) is 5.69 Å². The maximum absolute atomic E-state index is 12.5. The largest absolute Gasteiger partial charge is 0.292 e. The summed E-state index contributed by atoms with van der Waals surface area (Å²) in [6.07, 6.45) is 1.24. The number of ketones is 1. The molecule has 0 amide bonds. The topological polar surface area (TPSA) is 95.1 Å². The molecule has 25 heavy (non-hydrogen) atoms. The van der Waals surface area contributed by atoms with Crippen LogP contribution < -0.4 is 5.56 Å². The maximum Gasteiger partial charge on any atom is 0.271 e. The summed E-state index contributed by atoms with van der Waals surface area (Å²) in [6, 6.07) is 9.24. The van der Waals surface area contributed by atoms with Crippen LogP contribution in [0.3, 0.4) is 0 Å². The van der Waals surface area contributed by atoms with Gasteiger partial charge in [0.25, 0.3) is 11.2 Å². The number of Topliss-reactive ketones (excluding diaryl/α,β-unsaturated/α-hetero) is 1. The number of aromatic nitrogens is 2. The lowest BCUT2D eigenvalue weighted by Gasteiger charge is -2.07. The minimum Gasteiger partial charge on any atom is -0.292 e. The highest BCUT2D eigenvalue weighted by Gasteiger charge is 2.13. The number of carbonyl (C=O) groups excluding carboxylic acids is 1. The Balaban J connectivity index is 1.96. The summed E-state index contributed by atoms with van der Waals surface area (Å²) in [6.45, 7) is 3.74. The Kier molecular flexibility index (Phi) is 4.14. The number of non-ortho nitro benzene ring substituents is 1. The second kappa shape index (κ2) is 6.27. The maximum atomic E-state index is 12.5. The van der Waals surface area contributed by atoms with Crippen LogP contribution in [0.2, 0.25) is 0 Å². The molecule has 0 bridgehead atoms. The fourth-order valence-electron chi connectivity index (χ4n) is 2.53. The van der Waals surface area contributed by atoms with Gasteiger partial charge < -0.3 is 0 Å². The van der Waals surface area contributed by atoms with Crippen molar-refractivity contribution in [3.05, 3.63) is 79.9 Å². The standard InChI is InChI=1S/C18H15N3O4/c1-11-3-4-13(7-12(11)2)17(22)9-20-10-19-16-8-14(21(24)25)5-6-15(16)18(20)23/h3-8,10H,9H2,1-2H3. The van der Waals surface area contributed by atoms with Gasteiger partial charge in [0.05, 0.1) is 28.7 Å². The molecule has 0 N–H and O–H groups in total. The molecule has 1 aromatic heterocycles. The van der Waals surface area contributed by atoms with Gasteiger partial charge in [-0.1, -0.05) is 12.1 Å². The lowest BCUT2D eigenvalue weighted by atomic mass is 10.0. The monoisotopic (exact) mass is 337 g/mol. The Morgan fingerprint density at radius 2 is 1.92 bits per heavy atom. The zero-order valence-corrected chi connectivity index (χ0v) is 13.7. The number of hydrogen-bond donors (Lipinski definition) is 0. The van der Waals surface area contributed by atoms with Crippen molar-refractivity contribution >= 4 is 22.4 Å². The number of nitrogens with zero attached hydrogens (tertiary/aromatic N) is 3. The van der Waals surface area contributed by atoms with Gasteiger partial charge in [-0.25, -0.2) is 4.98 Å². The summed E-state index contributed by atoms with van der Waals surface area (Å²) >= 11 is 0. The zero-order valence-electron chi connectivity index (χ0n) is 13.7. The van der Waals surface area contributed by atoms with Gasteiger partial charge in [-0.2, -0.15) is 0 Å². The number of rotatable bonds is 4. The van der Waals surface area contributed by atoms with E-state index in [0.29, 0.717) is 5.56 Å². The first kappa shape index (κ1) is 16.5. The molecule has 0 aliphatic rings. The molecule has 1 heterocycles. The van der Waals surface area contributed by atoms with Crippen molar-refractivity contribution in [1.82, 2.24) is 9.55 Å². The van der Waals surface area contributed by atoms with Crippen molar-refractivity contribution in [2.45, 2.75) is 20.4 Å². The average molecular weight is 337 g/mol. The smallest absolute Gasteiger partial charge is 0.271 e. The Hall–Kier alpha value is -3.35. The van der Waals surface area contributed by atoms with Gasteiger partial charge in [-0.3, -0.25) is 24.3 Å². The summed E-state index contributed by atoms with van der Waals surface area (Å²) in [7, 11) is 0. The van der Waals surface area contributed by atoms with Crippen LogP contribution in [0.1, 0.15) is 21.5 Å². The van der Waals surface area contributed by atoms with Crippen molar-refractivity contribution in [2.75, 3.05) is 0 Å². The predicted octanol–water partition coefficient (Wildman–Crippen LogP) is 2.80. The average Bonchev–Trinajstić information content (AvgIpc) is 2.59. The second-order valence-corrected chi connectivity index (χ2v) is 5.86. The van der Waals surface area contributed by atoms with E-state index in [1.807, 2.05) is 19.9 Å². The van der Waals surface area contributed by atoms with Gasteiger partial charge in [0.2, 0.25) is 0 Å². The SMILES string of the molecule is Cc1ccc(C(=O)Cn2cnc3cc([N+](=O)[O-])ccc3c2=O)cc1C. The molecule has 126 valence electrons. The third-order valence-electron chi connectivity index (χ3n) is 4.16. The molecule has 0 fully saturated rings. The molecule has 7 nitrogen and oxygen atoms in total. The lowest BCUT2D eigenvalue weighted by Crippen LogP contribution is -2.24. The van der Waals surface area contributed by atoms with Crippen molar-refractivity contribution in [3.8, 4) is 0 Å². The van der Waals surface area contributed by atoms with Gasteiger partial charge >= 0.3 is 0 Å². The van der Waals surface area contributed by atoms with Crippen LogP contribution in [-0.4, -0.2) is 20.3 Å². The normalized spacial score (nSPS) is 10.8. The Bertz CT molecular complexity index is 1070. The van der Waals surface area contributed by atoms with E-state index in [1.54, 1.807) is 12.1 Å². The number of carbonyl (C=O) groups is 1. The molecule has 0 spiro atoms. The molecule has 3 aromatic rings. The number of hydrogen-bond acceptors (Lipinski definition) is 5. The third kappa shape index (κ3) is 3.16. The Labute approximate surface area is 142 Å². The minimum absolute atomic E-state index is 0.136. The molecular formula is C18H15N3O4. The molecule has 0 aliphatic carbocycles. The molecular weight excluding hydrogens is 322 g/mol. The van der Waals surface area contributed by atoms with E-state index < -0.39 is 10.5 Å². The van der Waals surface area contributed by atoms with E-state index in [9.17, 15) is 19.7 Å². The van der Waals surface area contributed by atoms with Crippen molar-refractivity contribution in [2.24, 2.45) is 0 Å². The first-order chi connectivity index (χ1) is 11.9. The van der Waals surface area contributed by atoms with E-state index in [4.69, 9.17) is 0 Å². The van der Waals surface area contributed by atoms with Crippen molar-refractivity contribution in [1.29, 1.82) is 0 Å². The number of benzene rings is 2. The molecule has 0 saturated carbocycles. The molecule has 0 atom stereocenters. The number of nitro benzene ring substituents is 1. The van der Waals surface area contributed by atoms with E-state index >= 15 is 0 Å². The molecule has 0 unspecified atom stereocenters. The van der Waals surface area contributed by atoms with E-state index in [0.717, 1.165) is 11.1 Å². The second-order valence-electron chi connectivity index (χ2n) is 5.86. The van der Waals surface area contributed by atoms with Crippen LogP contribution in [-0.2, 0) is 6.54 Å². The fraction of sp³-hybridized carbons (Fsp3) is 0.167. The predicted molar refractivity (Wildman–Crippen MR) is 92.9 cm³/mol. The fourth-order valence-corrected chi connectivity index (χ4v) is 2.53. The van der Waals surface area contributed by atoms with Crippen LogP contribution in [0.25, 0.3) is 10.9 Å². The molecule has 3 rings (SSSR count). The molecule has 0 aliphatic heterocycles. The first-order valence-electron chi connectivity index (χ1n) is 7.61. The summed E-state index contributed by atoms with van der Waals surface area (Å²) in [5, 5.41) is 11.0. The molecule has 7 heteroatoms. The molecule has 0 radical (unpaired) electrons. The molecule has 0 saturated heterocycles. The summed E-state index contributed by atoms with van der Waals surface area (Å²) < 4.78 is 1.21. The van der Waals surface area contributed by atoms with Gasteiger partial charge in [-0.05, 0) is 37.1 Å². The van der Waals surface area contributed by atoms with Crippen LogP contribution >= 0.6 is 0 Å². The van der Waals surface area contributed by atoms with E-state index in [2.05, 4.69) is 4.98 Å². The number of aryl methyl sites for hydroxylation is 2. The number of nitro groups is 1. The minimum atomic E-state index is -0.546. The summed E-state index contributed by atoms with van der Waals surface area (Å²) in [5.41, 5.74) is 2.30. The van der Waals surface area contributed by atoms with E-state index in [1.165, 1.54) is 29.1 Å². The highest BCUT2D eigenvalue weighted by Crippen LogP contribution is 2.16. The van der Waals surface area contributed by atoms with Gasteiger partial charge in [0.1, 0.15) is 0 Å². The zero-order chi connectivity index (χ0) is 18.1. The lowest BCUT2D eigenvalue weighted by molar-refractivity contribution is -0.384. The van der Waals surface area contributed by atoms with Gasteiger partial charge in [-0.15, -0.1) is 0 Å². The number of fused-ring (bicyclic) bond motifs is 1. The van der Waals surface area contributed by atoms with Gasteiger partial charge in [0, 0.05) is 17.7 Å². The van der Waals surface area contributed by atoms with Crippen LogP contribution in [0.5, 0.6) is 0 Å². The first-order valence-corrected chi connectivity index (χ1v) is 7.61. The van der Waals surface area contributed by atoms with Crippen molar-refractivity contribution in [3.63, 3.8) is 0 Å². The molecule has 2 aromatic carbocycles. The van der Waals surface area contributed by atoms with Crippen LogP contribution in [0.15, 0.2) is 47.5 Å². The van der Waals surface area contributed by atoms with Crippen LogP contribution in [0, 0.1) is 24.0 Å². The Morgan fingerprint density at radius 3 is 2.60 bits per heavy atom. The highest BCUT2D eigenvalue weighted by atomic mass is 16.6. The van der Waals surface area contributed by atoms with Gasteiger partial charge in [0.15, 0.2) is 5.78 Å². The van der Waals surface area contributed by atoms with Crippen molar-refractivity contribution < 1.29 is 9.72 Å². The van der Waals surface area contributed by atoms with E-state index in [-0.39, 0.29) is 28.9 Å². The third-order valence-corrected chi connectivity index (χ3v) is 4.16. The quantitative estimate of drug-likeness (QED) is 0.414. The summed E-state index contributed by atoms with van der Waals surface area (Å²) in [5.74, 6) is -0.201. The Morgan fingerprint density at radius 1 is 1.16 bits per heavy atom. The summed E-state index contributed by atoms with van der Waals surface area (Å²) in [4.78, 5) is 39.3.